The van der Waals surface area contributed by atoms with E-state index in [-0.39, 0.29) is 17.4 Å². The standard InChI is InChI=1S/C23H29N3O4S/c24-12-5-4-11-20(25)23(29)30-22(28)17-9-6-10-19(14-17)26-21(27)18(15-31)13-16-7-2-1-3-8-16/h1-3,6-10,14,18,20,31H,4-5,11-13,15,24-25H2,(H,26,27)/t18?,20-/m0/s1. The van der Waals surface area contributed by atoms with Crippen molar-refractivity contribution in [2.24, 2.45) is 17.4 Å². The first-order valence-electron chi connectivity index (χ1n) is 10.2. The molecule has 2 aromatic carbocycles. The van der Waals surface area contributed by atoms with Crippen LogP contribution in [-0.4, -0.2) is 36.2 Å². The van der Waals surface area contributed by atoms with Gasteiger partial charge in [0.05, 0.1) is 11.5 Å². The van der Waals surface area contributed by atoms with Crippen molar-refractivity contribution in [3.05, 3.63) is 65.7 Å². The first kappa shape index (κ1) is 24.6. The molecule has 31 heavy (non-hydrogen) atoms. The number of thiol groups is 1. The fourth-order valence-corrected chi connectivity index (χ4v) is 3.25. The highest BCUT2D eigenvalue weighted by atomic mass is 32.1. The maximum Gasteiger partial charge on any atom is 0.345 e. The number of carbonyl (C=O) groups is 3. The minimum absolute atomic E-state index is 0.144. The van der Waals surface area contributed by atoms with Crippen molar-refractivity contribution in [2.45, 2.75) is 31.7 Å². The molecule has 2 aromatic rings. The van der Waals surface area contributed by atoms with Gasteiger partial charge in [-0.25, -0.2) is 9.59 Å². The zero-order chi connectivity index (χ0) is 22.6. The molecule has 8 heteroatoms. The van der Waals surface area contributed by atoms with Gasteiger partial charge in [0.25, 0.3) is 0 Å². The van der Waals surface area contributed by atoms with Crippen LogP contribution in [0.1, 0.15) is 35.2 Å². The lowest BCUT2D eigenvalue weighted by molar-refractivity contribution is -0.139. The summed E-state index contributed by atoms with van der Waals surface area (Å²) in [6.07, 6.45) is 2.37. The summed E-state index contributed by atoms with van der Waals surface area (Å²) in [4.78, 5) is 37.0. The summed E-state index contributed by atoms with van der Waals surface area (Å²) in [7, 11) is 0. The molecule has 0 heterocycles. The van der Waals surface area contributed by atoms with Gasteiger partial charge in [-0.3, -0.25) is 4.79 Å². The monoisotopic (exact) mass is 443 g/mol. The van der Waals surface area contributed by atoms with Crippen LogP contribution in [0.3, 0.4) is 0 Å². The van der Waals surface area contributed by atoms with Crippen LogP contribution in [0.25, 0.3) is 0 Å². The van der Waals surface area contributed by atoms with Gasteiger partial charge in [0.15, 0.2) is 0 Å². The molecule has 0 aliphatic rings. The van der Waals surface area contributed by atoms with Crippen molar-refractivity contribution >= 4 is 36.2 Å². The number of esters is 2. The van der Waals surface area contributed by atoms with Gasteiger partial charge >= 0.3 is 11.9 Å². The molecule has 0 fully saturated rings. The number of carbonyl (C=O) groups excluding carboxylic acids is 3. The van der Waals surface area contributed by atoms with Gasteiger partial charge in [-0.2, -0.15) is 12.6 Å². The SMILES string of the molecule is NCCCC[C@H](N)C(=O)OC(=O)c1cccc(NC(=O)C(CS)Cc2ccccc2)c1. The minimum Gasteiger partial charge on any atom is -0.388 e. The Morgan fingerprint density at radius 3 is 2.45 bits per heavy atom. The highest BCUT2D eigenvalue weighted by Crippen LogP contribution is 2.16. The summed E-state index contributed by atoms with van der Waals surface area (Å²) < 4.78 is 4.88. The number of anilines is 1. The molecular formula is C23H29N3O4S. The third-order valence-electron chi connectivity index (χ3n) is 4.75. The number of ether oxygens (including phenoxy) is 1. The molecule has 2 rings (SSSR count). The highest BCUT2D eigenvalue weighted by Gasteiger charge is 2.21. The Kier molecular flexibility index (Phi) is 10.2. The van der Waals surface area contributed by atoms with E-state index in [1.165, 1.54) is 12.1 Å². The van der Waals surface area contributed by atoms with Gasteiger partial charge in [0, 0.05) is 11.4 Å². The fraction of sp³-hybridized carbons (Fsp3) is 0.348. The van der Waals surface area contributed by atoms with Crippen molar-refractivity contribution in [1.29, 1.82) is 0 Å². The van der Waals surface area contributed by atoms with Crippen LogP contribution >= 0.6 is 12.6 Å². The van der Waals surface area contributed by atoms with Gasteiger partial charge in [-0.15, -0.1) is 0 Å². The molecule has 7 nitrogen and oxygen atoms in total. The second-order valence-corrected chi connectivity index (χ2v) is 7.60. The van der Waals surface area contributed by atoms with Crippen LogP contribution in [0.2, 0.25) is 0 Å². The Morgan fingerprint density at radius 2 is 1.77 bits per heavy atom. The van der Waals surface area contributed by atoms with Crippen molar-refractivity contribution in [3.63, 3.8) is 0 Å². The van der Waals surface area contributed by atoms with Crippen LogP contribution < -0.4 is 16.8 Å². The summed E-state index contributed by atoms with van der Waals surface area (Å²) in [5.41, 5.74) is 12.8. The summed E-state index contributed by atoms with van der Waals surface area (Å²) in [5.74, 6) is -1.77. The quantitative estimate of drug-likeness (QED) is 0.183. The number of nitrogens with one attached hydrogen (secondary N) is 1. The minimum atomic E-state index is -0.882. The molecule has 5 N–H and O–H groups in total. The second-order valence-electron chi connectivity index (χ2n) is 7.24. The van der Waals surface area contributed by atoms with E-state index in [9.17, 15) is 14.4 Å². The fourth-order valence-electron chi connectivity index (χ4n) is 2.96. The lowest BCUT2D eigenvalue weighted by Gasteiger charge is -2.15. The van der Waals surface area contributed by atoms with E-state index < -0.39 is 18.0 Å². The number of amides is 1. The largest absolute Gasteiger partial charge is 0.388 e. The molecule has 2 atom stereocenters. The van der Waals surface area contributed by atoms with E-state index in [1.807, 2.05) is 30.3 Å². The maximum atomic E-state index is 12.7. The van der Waals surface area contributed by atoms with Crippen molar-refractivity contribution < 1.29 is 19.1 Å². The Hall–Kier alpha value is -2.68. The third-order valence-corrected chi connectivity index (χ3v) is 5.19. The summed E-state index contributed by atoms with van der Waals surface area (Å²) in [5, 5.41) is 2.80. The van der Waals surface area contributed by atoms with E-state index in [4.69, 9.17) is 16.2 Å². The van der Waals surface area contributed by atoms with Gasteiger partial charge in [0.2, 0.25) is 5.91 Å². The van der Waals surface area contributed by atoms with Gasteiger partial charge in [-0.05, 0) is 49.6 Å². The molecule has 0 spiro atoms. The predicted octanol–water partition coefficient (Wildman–Crippen LogP) is 2.55. The van der Waals surface area contributed by atoms with Gasteiger partial charge < -0.3 is 21.5 Å². The number of hydrogen-bond donors (Lipinski definition) is 4. The lowest BCUT2D eigenvalue weighted by atomic mass is 10.00. The molecule has 0 radical (unpaired) electrons. The van der Waals surface area contributed by atoms with E-state index in [2.05, 4.69) is 17.9 Å². The van der Waals surface area contributed by atoms with E-state index in [0.29, 0.717) is 37.2 Å². The van der Waals surface area contributed by atoms with Crippen LogP contribution in [0.4, 0.5) is 5.69 Å². The van der Waals surface area contributed by atoms with Gasteiger partial charge in [0.1, 0.15) is 6.04 Å². The number of benzene rings is 2. The van der Waals surface area contributed by atoms with Crippen molar-refractivity contribution in [3.8, 4) is 0 Å². The van der Waals surface area contributed by atoms with Crippen molar-refractivity contribution in [1.82, 2.24) is 0 Å². The van der Waals surface area contributed by atoms with E-state index >= 15 is 0 Å². The summed E-state index contributed by atoms with van der Waals surface area (Å²) >= 11 is 4.30. The first-order chi connectivity index (χ1) is 14.9. The smallest absolute Gasteiger partial charge is 0.345 e. The molecule has 1 unspecified atom stereocenters. The lowest BCUT2D eigenvalue weighted by Crippen LogP contribution is -2.34. The third kappa shape index (κ3) is 8.16. The molecule has 0 saturated carbocycles. The normalized spacial score (nSPS) is 12.6. The number of unbranched alkanes of at least 4 members (excludes halogenated alkanes) is 1. The molecular weight excluding hydrogens is 414 g/mol. The summed E-state index contributed by atoms with van der Waals surface area (Å²) in [6, 6.07) is 15.0. The molecule has 0 aliphatic carbocycles. The Bertz CT molecular complexity index is 876. The average Bonchev–Trinajstić information content (AvgIpc) is 2.78. The maximum absolute atomic E-state index is 12.7. The second kappa shape index (κ2) is 12.9. The van der Waals surface area contributed by atoms with Crippen LogP contribution in [0.5, 0.6) is 0 Å². The molecule has 166 valence electrons. The first-order valence-corrected chi connectivity index (χ1v) is 10.8. The highest BCUT2D eigenvalue weighted by molar-refractivity contribution is 7.80. The zero-order valence-corrected chi connectivity index (χ0v) is 18.2. The molecule has 0 bridgehead atoms. The number of rotatable bonds is 11. The Labute approximate surface area is 187 Å². The molecule has 0 aliphatic heterocycles. The molecule has 0 aromatic heterocycles. The van der Waals surface area contributed by atoms with Crippen LogP contribution in [-0.2, 0) is 20.7 Å². The summed E-state index contributed by atoms with van der Waals surface area (Å²) in [6.45, 7) is 0.513. The predicted molar refractivity (Wildman–Crippen MR) is 124 cm³/mol. The van der Waals surface area contributed by atoms with E-state index in [0.717, 1.165) is 12.0 Å². The molecule has 1 amide bonds. The number of hydrogen-bond acceptors (Lipinski definition) is 7. The van der Waals surface area contributed by atoms with Crippen LogP contribution in [0, 0.1) is 5.92 Å². The Balaban J connectivity index is 1.96. The number of nitrogens with two attached hydrogens (primary N) is 2. The van der Waals surface area contributed by atoms with Gasteiger partial charge in [-0.1, -0.05) is 42.8 Å². The van der Waals surface area contributed by atoms with E-state index in [1.54, 1.807) is 12.1 Å². The van der Waals surface area contributed by atoms with Crippen molar-refractivity contribution in [2.75, 3.05) is 17.6 Å². The molecule has 0 saturated heterocycles. The van der Waals surface area contributed by atoms with Crippen LogP contribution in [0.15, 0.2) is 54.6 Å². The topological polar surface area (TPSA) is 125 Å². The average molecular weight is 444 g/mol. The Morgan fingerprint density at radius 1 is 1.03 bits per heavy atom. The zero-order valence-electron chi connectivity index (χ0n) is 17.3.